The van der Waals surface area contributed by atoms with Crippen LogP contribution in [0.2, 0.25) is 0 Å². The molecule has 1 aromatic carbocycles. The summed E-state index contributed by atoms with van der Waals surface area (Å²) in [6, 6.07) is 6.84. The van der Waals surface area contributed by atoms with Gasteiger partial charge in [-0.3, -0.25) is 9.59 Å². The molecular weight excluding hydrogens is 258 g/mol. The number of piperidine rings is 1. The normalized spacial score (nSPS) is 18.8. The van der Waals surface area contributed by atoms with Crippen molar-refractivity contribution in [1.82, 2.24) is 10.6 Å². The predicted molar refractivity (Wildman–Crippen MR) is 74.1 cm³/mol. The minimum absolute atomic E-state index is 0.0229. The van der Waals surface area contributed by atoms with Gasteiger partial charge in [-0.05, 0) is 30.7 Å². The van der Waals surface area contributed by atoms with Crippen molar-refractivity contribution >= 4 is 28.5 Å². The van der Waals surface area contributed by atoms with E-state index >= 15 is 0 Å². The zero-order chi connectivity index (χ0) is 14.1. The van der Waals surface area contributed by atoms with Gasteiger partial charge in [0.15, 0.2) is 5.76 Å². The van der Waals surface area contributed by atoms with Crippen molar-refractivity contribution in [2.24, 2.45) is 0 Å². The smallest absolute Gasteiger partial charge is 0.287 e. The molecule has 1 atom stereocenters. The number of amides is 2. The maximum absolute atomic E-state index is 12.1. The van der Waals surface area contributed by atoms with Crippen LogP contribution in [-0.2, 0) is 4.79 Å². The number of carbonyl (C=O) groups excluding carboxylic acids is 2. The molecule has 1 unspecified atom stereocenters. The third-order valence-corrected chi connectivity index (χ3v) is 3.36. The first-order valence-corrected chi connectivity index (χ1v) is 6.48. The Bertz CT molecular complexity index is 667. The highest BCUT2D eigenvalue weighted by Crippen LogP contribution is 2.21. The molecule has 6 heteroatoms. The first-order valence-electron chi connectivity index (χ1n) is 6.48. The van der Waals surface area contributed by atoms with Gasteiger partial charge in [-0.15, -0.1) is 0 Å². The van der Waals surface area contributed by atoms with Crippen molar-refractivity contribution in [3.8, 4) is 0 Å². The number of anilines is 1. The molecule has 3 rings (SSSR count). The average Bonchev–Trinajstić information content (AvgIpc) is 2.84. The summed E-state index contributed by atoms with van der Waals surface area (Å²) in [5.74, 6) is -0.00173. The van der Waals surface area contributed by atoms with Gasteiger partial charge in [0, 0.05) is 30.1 Å². The van der Waals surface area contributed by atoms with Crippen molar-refractivity contribution in [2.75, 3.05) is 12.3 Å². The quantitative estimate of drug-likeness (QED) is 0.712. The molecule has 4 N–H and O–H groups in total. The zero-order valence-corrected chi connectivity index (χ0v) is 10.8. The molecule has 1 aliphatic heterocycles. The lowest BCUT2D eigenvalue weighted by atomic mass is 10.1. The Labute approximate surface area is 115 Å². The number of fused-ring (bicyclic) bond motifs is 1. The van der Waals surface area contributed by atoms with Crippen LogP contribution in [0.1, 0.15) is 23.4 Å². The highest BCUT2D eigenvalue weighted by Gasteiger charge is 2.21. The molecular formula is C14H15N3O3. The molecule has 1 aliphatic rings. The lowest BCUT2D eigenvalue weighted by molar-refractivity contribution is -0.122. The maximum Gasteiger partial charge on any atom is 0.287 e. The van der Waals surface area contributed by atoms with Gasteiger partial charge >= 0.3 is 0 Å². The molecule has 1 fully saturated rings. The highest BCUT2D eigenvalue weighted by atomic mass is 16.3. The summed E-state index contributed by atoms with van der Waals surface area (Å²) in [6.45, 7) is 0.456. The van der Waals surface area contributed by atoms with Gasteiger partial charge in [0.25, 0.3) is 5.91 Å². The van der Waals surface area contributed by atoms with Gasteiger partial charge in [0.05, 0.1) is 0 Å². The molecule has 6 nitrogen and oxygen atoms in total. The predicted octanol–water partition coefficient (Wildman–Crippen LogP) is 1.02. The Balaban J connectivity index is 1.73. The van der Waals surface area contributed by atoms with E-state index in [0.29, 0.717) is 30.7 Å². The van der Waals surface area contributed by atoms with Gasteiger partial charge in [0.2, 0.25) is 5.91 Å². The van der Waals surface area contributed by atoms with E-state index in [2.05, 4.69) is 10.6 Å². The molecule has 0 aliphatic carbocycles. The number of hydrogen-bond donors (Lipinski definition) is 3. The summed E-state index contributed by atoms with van der Waals surface area (Å²) in [5.41, 5.74) is 6.94. The molecule has 1 aromatic heterocycles. The topological polar surface area (TPSA) is 97.4 Å². The summed E-state index contributed by atoms with van der Waals surface area (Å²) >= 11 is 0. The largest absolute Gasteiger partial charge is 0.451 e. The van der Waals surface area contributed by atoms with Crippen molar-refractivity contribution in [1.29, 1.82) is 0 Å². The van der Waals surface area contributed by atoms with Gasteiger partial charge in [0.1, 0.15) is 5.58 Å². The van der Waals surface area contributed by atoms with Gasteiger partial charge in [-0.2, -0.15) is 0 Å². The fourth-order valence-electron chi connectivity index (χ4n) is 2.29. The molecule has 104 valence electrons. The number of furan rings is 1. The van der Waals surface area contributed by atoms with Crippen LogP contribution in [0.3, 0.4) is 0 Å². The Kier molecular flexibility index (Phi) is 3.06. The van der Waals surface area contributed by atoms with Crippen LogP contribution in [0.5, 0.6) is 0 Å². The van der Waals surface area contributed by atoms with Gasteiger partial charge < -0.3 is 20.8 Å². The lowest BCUT2D eigenvalue weighted by Crippen LogP contribution is -2.47. The number of rotatable bonds is 2. The first kappa shape index (κ1) is 12.5. The second kappa shape index (κ2) is 4.88. The summed E-state index contributed by atoms with van der Waals surface area (Å²) < 4.78 is 5.49. The Morgan fingerprint density at radius 1 is 1.40 bits per heavy atom. The van der Waals surface area contributed by atoms with Crippen LogP contribution in [0.4, 0.5) is 5.69 Å². The van der Waals surface area contributed by atoms with E-state index in [9.17, 15) is 9.59 Å². The SMILES string of the molecule is Nc1ccc2oc(C(=O)NC3CCC(=O)NC3)cc2c1. The van der Waals surface area contributed by atoms with E-state index in [0.717, 1.165) is 5.39 Å². The minimum Gasteiger partial charge on any atom is -0.451 e. The van der Waals surface area contributed by atoms with E-state index in [1.807, 2.05) is 0 Å². The molecule has 1 saturated heterocycles. The fourth-order valence-corrected chi connectivity index (χ4v) is 2.29. The van der Waals surface area contributed by atoms with Crippen LogP contribution in [0.25, 0.3) is 11.0 Å². The highest BCUT2D eigenvalue weighted by molar-refractivity contribution is 5.96. The van der Waals surface area contributed by atoms with Gasteiger partial charge in [-0.25, -0.2) is 0 Å². The van der Waals surface area contributed by atoms with Crippen LogP contribution in [0.15, 0.2) is 28.7 Å². The molecule has 0 bridgehead atoms. The minimum atomic E-state index is -0.277. The fraction of sp³-hybridized carbons (Fsp3) is 0.286. The molecule has 2 aromatic rings. The summed E-state index contributed by atoms with van der Waals surface area (Å²) in [6.07, 6.45) is 1.08. The zero-order valence-electron chi connectivity index (χ0n) is 10.8. The monoisotopic (exact) mass is 273 g/mol. The molecule has 20 heavy (non-hydrogen) atoms. The number of nitrogens with one attached hydrogen (secondary N) is 2. The van der Waals surface area contributed by atoms with Crippen LogP contribution >= 0.6 is 0 Å². The number of carbonyl (C=O) groups is 2. The van der Waals surface area contributed by atoms with Crippen molar-refractivity contribution in [2.45, 2.75) is 18.9 Å². The van der Waals surface area contributed by atoms with Crippen molar-refractivity contribution in [3.63, 3.8) is 0 Å². The molecule has 0 saturated carbocycles. The molecule has 0 spiro atoms. The summed E-state index contributed by atoms with van der Waals surface area (Å²) in [7, 11) is 0. The van der Waals surface area contributed by atoms with Crippen LogP contribution < -0.4 is 16.4 Å². The summed E-state index contributed by atoms with van der Waals surface area (Å²) in [4.78, 5) is 23.2. The van der Waals surface area contributed by atoms with Crippen LogP contribution in [-0.4, -0.2) is 24.4 Å². The lowest BCUT2D eigenvalue weighted by Gasteiger charge is -2.22. The second-order valence-corrected chi connectivity index (χ2v) is 4.92. The third kappa shape index (κ3) is 2.45. The maximum atomic E-state index is 12.1. The van der Waals surface area contributed by atoms with E-state index < -0.39 is 0 Å². The Hall–Kier alpha value is -2.50. The van der Waals surface area contributed by atoms with Crippen LogP contribution in [0, 0.1) is 0 Å². The van der Waals surface area contributed by atoms with E-state index in [-0.39, 0.29) is 23.6 Å². The van der Waals surface area contributed by atoms with E-state index in [1.54, 1.807) is 24.3 Å². The Morgan fingerprint density at radius 2 is 2.25 bits per heavy atom. The number of nitrogens with two attached hydrogens (primary N) is 1. The van der Waals surface area contributed by atoms with E-state index in [4.69, 9.17) is 10.2 Å². The summed E-state index contributed by atoms with van der Waals surface area (Å²) in [5, 5.41) is 6.37. The average molecular weight is 273 g/mol. The standard InChI is InChI=1S/C14H15N3O3/c15-9-1-3-11-8(5-9)6-12(20-11)14(19)17-10-2-4-13(18)16-7-10/h1,3,5-6,10H,2,4,7,15H2,(H,16,18)(H,17,19). The number of hydrogen-bond acceptors (Lipinski definition) is 4. The molecule has 2 amide bonds. The molecule has 0 radical (unpaired) electrons. The number of benzene rings is 1. The van der Waals surface area contributed by atoms with Gasteiger partial charge in [-0.1, -0.05) is 0 Å². The molecule has 2 heterocycles. The Morgan fingerprint density at radius 3 is 3.00 bits per heavy atom. The van der Waals surface area contributed by atoms with E-state index in [1.165, 1.54) is 0 Å². The second-order valence-electron chi connectivity index (χ2n) is 4.92. The number of nitrogen functional groups attached to an aromatic ring is 1. The van der Waals surface area contributed by atoms with Crippen molar-refractivity contribution < 1.29 is 14.0 Å². The third-order valence-electron chi connectivity index (χ3n) is 3.36. The first-order chi connectivity index (χ1) is 9.61. The van der Waals surface area contributed by atoms with Crippen molar-refractivity contribution in [3.05, 3.63) is 30.0 Å².